The fourth-order valence-corrected chi connectivity index (χ4v) is 0.798. The van der Waals surface area contributed by atoms with Crippen LogP contribution < -0.4 is 0 Å². The molecule has 0 aliphatic heterocycles. The minimum atomic E-state index is -0.905. The molecule has 92 valence electrons. The first-order valence-corrected chi connectivity index (χ1v) is 5.21. The number of carboxylic acid groups (broad SMARTS) is 1. The quantitative estimate of drug-likeness (QED) is 0.528. The molecule has 6 heteroatoms. The first-order valence-electron chi connectivity index (χ1n) is 5.21. The van der Waals surface area contributed by atoms with Gasteiger partial charge in [-0.2, -0.15) is 10.2 Å². The van der Waals surface area contributed by atoms with Crippen LogP contribution in [0.15, 0.2) is 10.2 Å². The van der Waals surface area contributed by atoms with Crippen LogP contribution >= 0.6 is 0 Å². The van der Waals surface area contributed by atoms with E-state index in [-0.39, 0.29) is 25.0 Å². The molecule has 0 aromatic heterocycles. The summed E-state index contributed by atoms with van der Waals surface area (Å²) in [6.07, 6.45) is 0. The number of carbonyl (C=O) groups is 2. The van der Waals surface area contributed by atoms with Crippen LogP contribution in [0.2, 0.25) is 0 Å². The Morgan fingerprint density at radius 1 is 1.19 bits per heavy atom. The Bertz CT molecular complexity index is 266. The molecule has 0 spiro atoms. The van der Waals surface area contributed by atoms with E-state index in [2.05, 4.69) is 10.2 Å². The zero-order chi connectivity index (χ0) is 12.6. The number of ether oxygens (including phenoxy) is 1. The van der Waals surface area contributed by atoms with Gasteiger partial charge in [0.05, 0.1) is 31.5 Å². The van der Waals surface area contributed by atoms with Crippen molar-refractivity contribution in [3.63, 3.8) is 0 Å². The summed E-state index contributed by atoms with van der Waals surface area (Å²) in [4.78, 5) is 21.6. The molecular weight excluding hydrogens is 212 g/mol. The largest absolute Gasteiger partial charge is 0.481 e. The number of esters is 1. The highest BCUT2D eigenvalue weighted by molar-refractivity contribution is 5.72. The van der Waals surface area contributed by atoms with Gasteiger partial charge >= 0.3 is 11.9 Å². The molecule has 0 saturated heterocycles. The Kier molecular flexibility index (Phi) is 7.07. The Morgan fingerprint density at radius 3 is 2.12 bits per heavy atom. The number of hydrogen-bond donors (Lipinski definition) is 1. The van der Waals surface area contributed by atoms with E-state index < -0.39 is 11.9 Å². The molecule has 0 radical (unpaired) electrons. The van der Waals surface area contributed by atoms with Gasteiger partial charge in [-0.25, -0.2) is 0 Å². The topological polar surface area (TPSA) is 88.3 Å². The van der Waals surface area contributed by atoms with E-state index in [0.29, 0.717) is 6.61 Å². The molecule has 0 aliphatic rings. The number of carboxylic acids is 1. The number of nitrogens with zero attached hydrogens (tertiary/aromatic N) is 2. The minimum absolute atomic E-state index is 0.130. The molecule has 16 heavy (non-hydrogen) atoms. The van der Waals surface area contributed by atoms with E-state index in [1.807, 2.05) is 0 Å². The summed E-state index contributed by atoms with van der Waals surface area (Å²) in [7, 11) is 0. The molecule has 0 rings (SSSR count). The maximum Gasteiger partial charge on any atom is 0.310 e. The van der Waals surface area contributed by atoms with Gasteiger partial charge in [0.15, 0.2) is 0 Å². The Morgan fingerprint density at radius 2 is 1.69 bits per heavy atom. The average Bonchev–Trinajstić information content (AvgIpc) is 2.23. The van der Waals surface area contributed by atoms with Crippen molar-refractivity contribution in [2.75, 3.05) is 19.7 Å². The van der Waals surface area contributed by atoms with Crippen molar-refractivity contribution in [2.24, 2.45) is 22.1 Å². The van der Waals surface area contributed by atoms with E-state index in [1.165, 1.54) is 0 Å². The molecule has 0 heterocycles. The van der Waals surface area contributed by atoms with Gasteiger partial charge in [0, 0.05) is 0 Å². The van der Waals surface area contributed by atoms with Crippen LogP contribution in [0, 0.1) is 11.8 Å². The summed E-state index contributed by atoms with van der Waals surface area (Å²) in [6.45, 7) is 5.68. The third-order valence-corrected chi connectivity index (χ3v) is 1.92. The third-order valence-electron chi connectivity index (χ3n) is 1.92. The highest BCUT2D eigenvalue weighted by Gasteiger charge is 2.13. The smallest absolute Gasteiger partial charge is 0.310 e. The summed E-state index contributed by atoms with van der Waals surface area (Å²) >= 11 is 0. The lowest BCUT2D eigenvalue weighted by atomic mass is 10.2. The fraction of sp³-hybridized carbons (Fsp3) is 0.800. The van der Waals surface area contributed by atoms with Crippen molar-refractivity contribution in [2.45, 2.75) is 20.8 Å². The van der Waals surface area contributed by atoms with Crippen LogP contribution in [0.5, 0.6) is 0 Å². The van der Waals surface area contributed by atoms with Crippen molar-refractivity contribution in [3.05, 3.63) is 0 Å². The first kappa shape index (κ1) is 14.5. The van der Waals surface area contributed by atoms with Crippen molar-refractivity contribution < 1.29 is 19.4 Å². The lowest BCUT2D eigenvalue weighted by molar-refractivity contribution is -0.147. The van der Waals surface area contributed by atoms with Crippen LogP contribution in [-0.4, -0.2) is 36.7 Å². The second-order valence-electron chi connectivity index (χ2n) is 3.54. The Labute approximate surface area is 94.7 Å². The average molecular weight is 230 g/mol. The van der Waals surface area contributed by atoms with E-state index in [0.717, 1.165) is 0 Å². The Balaban J connectivity index is 3.83. The zero-order valence-electron chi connectivity index (χ0n) is 9.84. The number of hydrogen-bond acceptors (Lipinski definition) is 5. The van der Waals surface area contributed by atoms with E-state index >= 15 is 0 Å². The van der Waals surface area contributed by atoms with Gasteiger partial charge in [-0.05, 0) is 6.92 Å². The lowest BCUT2D eigenvalue weighted by Gasteiger charge is -2.06. The third kappa shape index (κ3) is 6.10. The van der Waals surface area contributed by atoms with Crippen molar-refractivity contribution >= 4 is 11.9 Å². The van der Waals surface area contributed by atoms with Crippen LogP contribution in [0.1, 0.15) is 20.8 Å². The molecular formula is C10H18N2O4. The number of carbonyl (C=O) groups excluding carboxylic acids is 1. The van der Waals surface area contributed by atoms with Gasteiger partial charge < -0.3 is 9.84 Å². The van der Waals surface area contributed by atoms with Crippen LogP contribution in [-0.2, 0) is 14.3 Å². The molecule has 6 nitrogen and oxygen atoms in total. The van der Waals surface area contributed by atoms with Gasteiger partial charge in [-0.3, -0.25) is 9.59 Å². The second-order valence-corrected chi connectivity index (χ2v) is 3.54. The predicted molar refractivity (Wildman–Crippen MR) is 57.2 cm³/mol. The maximum atomic E-state index is 11.2. The van der Waals surface area contributed by atoms with Gasteiger partial charge in [-0.15, -0.1) is 0 Å². The van der Waals surface area contributed by atoms with Gasteiger partial charge in [-0.1, -0.05) is 13.8 Å². The summed E-state index contributed by atoms with van der Waals surface area (Å²) < 4.78 is 4.79. The molecule has 0 saturated carbocycles. The summed E-state index contributed by atoms with van der Waals surface area (Å²) in [5, 5.41) is 16.0. The summed E-state index contributed by atoms with van der Waals surface area (Å²) in [5.41, 5.74) is 0. The fourth-order valence-electron chi connectivity index (χ4n) is 0.798. The Hall–Kier alpha value is -1.46. The summed E-state index contributed by atoms with van der Waals surface area (Å²) in [5.74, 6) is -2.12. The molecule has 0 aromatic rings. The van der Waals surface area contributed by atoms with E-state index in [4.69, 9.17) is 9.84 Å². The normalized spacial score (nSPS) is 14.7. The highest BCUT2D eigenvalue weighted by Crippen LogP contribution is 2.01. The van der Waals surface area contributed by atoms with Crippen molar-refractivity contribution in [3.8, 4) is 0 Å². The minimum Gasteiger partial charge on any atom is -0.481 e. The summed E-state index contributed by atoms with van der Waals surface area (Å²) in [6, 6.07) is 0. The molecule has 0 aromatic carbocycles. The molecule has 0 aliphatic carbocycles. The van der Waals surface area contributed by atoms with Crippen LogP contribution in [0.25, 0.3) is 0 Å². The van der Waals surface area contributed by atoms with Gasteiger partial charge in [0.1, 0.15) is 0 Å². The maximum absolute atomic E-state index is 11.2. The lowest BCUT2D eigenvalue weighted by Crippen LogP contribution is -2.17. The molecule has 2 atom stereocenters. The zero-order valence-corrected chi connectivity index (χ0v) is 9.84. The molecule has 0 amide bonds. The molecule has 0 fully saturated rings. The first-order chi connectivity index (χ1) is 7.49. The predicted octanol–water partition coefficient (Wildman–Crippen LogP) is 1.36. The van der Waals surface area contributed by atoms with Crippen LogP contribution in [0.3, 0.4) is 0 Å². The van der Waals surface area contributed by atoms with Gasteiger partial charge in [0.25, 0.3) is 0 Å². The SMILES string of the molecule is CCOC(=O)C(C)CN=NCC(C)C(=O)O. The van der Waals surface area contributed by atoms with E-state index in [9.17, 15) is 9.59 Å². The second kappa shape index (κ2) is 7.78. The molecule has 1 N–H and O–H groups in total. The van der Waals surface area contributed by atoms with Crippen molar-refractivity contribution in [1.29, 1.82) is 0 Å². The number of azo groups is 1. The highest BCUT2D eigenvalue weighted by atomic mass is 16.5. The monoisotopic (exact) mass is 230 g/mol. The molecule has 2 unspecified atom stereocenters. The number of rotatable bonds is 7. The standard InChI is InChI=1S/C10H18N2O4/c1-4-16-10(15)8(3)6-12-11-5-7(2)9(13)14/h7-8H,4-6H2,1-3H3,(H,13,14). The van der Waals surface area contributed by atoms with E-state index in [1.54, 1.807) is 20.8 Å². The number of aliphatic carboxylic acids is 1. The van der Waals surface area contributed by atoms with Crippen LogP contribution in [0.4, 0.5) is 0 Å². The van der Waals surface area contributed by atoms with Crippen molar-refractivity contribution in [1.82, 2.24) is 0 Å². The van der Waals surface area contributed by atoms with Gasteiger partial charge in [0.2, 0.25) is 0 Å². The molecule has 0 bridgehead atoms.